The fourth-order valence-corrected chi connectivity index (χ4v) is 1.99. The Morgan fingerprint density at radius 1 is 1.56 bits per heavy atom. The van der Waals surface area contributed by atoms with Crippen LogP contribution in [0.2, 0.25) is 0 Å². The Morgan fingerprint density at radius 3 is 3.12 bits per heavy atom. The number of nitrogens with two attached hydrogens (primary N) is 1. The highest BCUT2D eigenvalue weighted by Crippen LogP contribution is 2.18. The first-order chi connectivity index (χ1) is 7.66. The molecule has 1 heterocycles. The van der Waals surface area contributed by atoms with E-state index in [2.05, 4.69) is 4.90 Å². The van der Waals surface area contributed by atoms with Crippen LogP contribution in [-0.2, 0) is 11.3 Å². The topological polar surface area (TPSA) is 38.5 Å². The van der Waals surface area contributed by atoms with Crippen molar-refractivity contribution in [2.45, 2.75) is 19.6 Å². The largest absolute Gasteiger partial charge is 0.396 e. The first kappa shape index (κ1) is 11.4. The van der Waals surface area contributed by atoms with Crippen LogP contribution in [-0.4, -0.2) is 30.7 Å². The van der Waals surface area contributed by atoms with Crippen LogP contribution in [0.15, 0.2) is 18.2 Å². The maximum absolute atomic E-state index is 13.2. The molecule has 88 valence electrons. The zero-order valence-electron chi connectivity index (χ0n) is 9.45. The Balaban J connectivity index is 2.05. The molecule has 4 heteroatoms. The van der Waals surface area contributed by atoms with Crippen molar-refractivity contribution in [3.63, 3.8) is 0 Å². The average molecular weight is 224 g/mol. The van der Waals surface area contributed by atoms with E-state index in [0.717, 1.165) is 25.3 Å². The van der Waals surface area contributed by atoms with E-state index >= 15 is 0 Å². The molecule has 0 aliphatic carbocycles. The summed E-state index contributed by atoms with van der Waals surface area (Å²) in [5, 5.41) is 0. The molecule has 1 aliphatic rings. The third-order valence-corrected chi connectivity index (χ3v) is 2.86. The SMILES string of the molecule is CC1CN(Cc2cccc(F)c2N)CCO1. The van der Waals surface area contributed by atoms with Crippen molar-refractivity contribution in [2.24, 2.45) is 0 Å². The van der Waals surface area contributed by atoms with Gasteiger partial charge in [0.2, 0.25) is 0 Å². The summed E-state index contributed by atoms with van der Waals surface area (Å²) < 4.78 is 18.7. The zero-order chi connectivity index (χ0) is 11.5. The molecule has 0 spiro atoms. The van der Waals surface area contributed by atoms with Gasteiger partial charge in [0, 0.05) is 19.6 Å². The van der Waals surface area contributed by atoms with Crippen molar-refractivity contribution in [3.05, 3.63) is 29.6 Å². The highest BCUT2D eigenvalue weighted by molar-refractivity contribution is 5.47. The molecule has 0 saturated carbocycles. The molecule has 1 unspecified atom stereocenters. The van der Waals surface area contributed by atoms with Gasteiger partial charge in [-0.2, -0.15) is 0 Å². The molecule has 0 amide bonds. The molecule has 0 bridgehead atoms. The summed E-state index contributed by atoms with van der Waals surface area (Å²) in [6.45, 7) is 5.21. The Labute approximate surface area is 95.0 Å². The number of halogens is 1. The van der Waals surface area contributed by atoms with Gasteiger partial charge in [-0.1, -0.05) is 12.1 Å². The molecule has 1 atom stereocenters. The number of benzene rings is 1. The van der Waals surface area contributed by atoms with Gasteiger partial charge in [-0.15, -0.1) is 0 Å². The Kier molecular flexibility index (Phi) is 3.41. The third kappa shape index (κ3) is 2.51. The maximum atomic E-state index is 13.2. The molecule has 0 radical (unpaired) electrons. The average Bonchev–Trinajstić information content (AvgIpc) is 2.25. The molecule has 1 saturated heterocycles. The standard InChI is InChI=1S/C12H17FN2O/c1-9-7-15(5-6-16-9)8-10-3-2-4-11(13)12(10)14/h2-4,9H,5-8,14H2,1H3. The predicted molar refractivity (Wildman–Crippen MR) is 61.5 cm³/mol. The Hall–Kier alpha value is -1.13. The van der Waals surface area contributed by atoms with Gasteiger partial charge in [-0.05, 0) is 18.6 Å². The molecule has 1 aliphatic heterocycles. The molecular formula is C12H17FN2O. The van der Waals surface area contributed by atoms with Crippen molar-refractivity contribution in [2.75, 3.05) is 25.4 Å². The summed E-state index contributed by atoms with van der Waals surface area (Å²) in [4.78, 5) is 2.24. The van der Waals surface area contributed by atoms with Gasteiger partial charge in [0.25, 0.3) is 0 Å². The molecule has 0 aromatic heterocycles. The minimum atomic E-state index is -0.334. The number of nitrogen functional groups attached to an aromatic ring is 1. The fraction of sp³-hybridized carbons (Fsp3) is 0.500. The number of hydrogen-bond acceptors (Lipinski definition) is 3. The van der Waals surface area contributed by atoms with Crippen LogP contribution in [0.3, 0.4) is 0 Å². The van der Waals surface area contributed by atoms with E-state index < -0.39 is 0 Å². The summed E-state index contributed by atoms with van der Waals surface area (Å²) in [5.41, 5.74) is 6.82. The number of anilines is 1. The van der Waals surface area contributed by atoms with Gasteiger partial charge in [0.15, 0.2) is 0 Å². The number of hydrogen-bond donors (Lipinski definition) is 1. The van der Waals surface area contributed by atoms with Crippen LogP contribution in [0, 0.1) is 5.82 Å². The molecule has 1 aromatic rings. The molecule has 2 N–H and O–H groups in total. The van der Waals surface area contributed by atoms with Gasteiger partial charge < -0.3 is 10.5 Å². The zero-order valence-corrected chi connectivity index (χ0v) is 9.45. The smallest absolute Gasteiger partial charge is 0.146 e. The van der Waals surface area contributed by atoms with E-state index in [-0.39, 0.29) is 17.6 Å². The summed E-state index contributed by atoms with van der Waals surface area (Å²) in [6, 6.07) is 4.96. The first-order valence-corrected chi connectivity index (χ1v) is 5.53. The van der Waals surface area contributed by atoms with Crippen molar-refractivity contribution < 1.29 is 9.13 Å². The van der Waals surface area contributed by atoms with Gasteiger partial charge in [-0.25, -0.2) is 4.39 Å². The lowest BCUT2D eigenvalue weighted by Crippen LogP contribution is -2.40. The second-order valence-corrected chi connectivity index (χ2v) is 4.23. The monoisotopic (exact) mass is 224 g/mol. The van der Waals surface area contributed by atoms with Gasteiger partial charge in [0.05, 0.1) is 18.4 Å². The highest BCUT2D eigenvalue weighted by atomic mass is 19.1. The fourth-order valence-electron chi connectivity index (χ4n) is 1.99. The number of rotatable bonds is 2. The molecule has 2 rings (SSSR count). The number of para-hydroxylation sites is 1. The highest BCUT2D eigenvalue weighted by Gasteiger charge is 2.17. The van der Waals surface area contributed by atoms with Gasteiger partial charge in [0.1, 0.15) is 5.82 Å². The van der Waals surface area contributed by atoms with Gasteiger partial charge >= 0.3 is 0 Å². The second-order valence-electron chi connectivity index (χ2n) is 4.23. The van der Waals surface area contributed by atoms with E-state index in [0.29, 0.717) is 6.54 Å². The number of nitrogens with zero attached hydrogens (tertiary/aromatic N) is 1. The normalized spacial score (nSPS) is 22.2. The van der Waals surface area contributed by atoms with Crippen LogP contribution in [0.1, 0.15) is 12.5 Å². The van der Waals surface area contributed by atoms with Crippen LogP contribution in [0.5, 0.6) is 0 Å². The first-order valence-electron chi connectivity index (χ1n) is 5.53. The van der Waals surface area contributed by atoms with Crippen molar-refractivity contribution in [1.29, 1.82) is 0 Å². The lowest BCUT2D eigenvalue weighted by Gasteiger charge is -2.31. The quantitative estimate of drug-likeness (QED) is 0.776. The number of ether oxygens (including phenoxy) is 1. The third-order valence-electron chi connectivity index (χ3n) is 2.86. The van der Waals surface area contributed by atoms with E-state index in [1.54, 1.807) is 6.07 Å². The molecule has 1 aromatic carbocycles. The number of morpholine rings is 1. The van der Waals surface area contributed by atoms with E-state index in [1.807, 2.05) is 13.0 Å². The van der Waals surface area contributed by atoms with Crippen molar-refractivity contribution >= 4 is 5.69 Å². The van der Waals surface area contributed by atoms with E-state index in [9.17, 15) is 4.39 Å². The van der Waals surface area contributed by atoms with Gasteiger partial charge in [-0.3, -0.25) is 4.90 Å². The molecular weight excluding hydrogens is 207 g/mol. The maximum Gasteiger partial charge on any atom is 0.146 e. The van der Waals surface area contributed by atoms with Crippen LogP contribution in [0.25, 0.3) is 0 Å². The Morgan fingerprint density at radius 2 is 2.38 bits per heavy atom. The summed E-state index contributed by atoms with van der Waals surface area (Å²) in [5.74, 6) is -0.334. The van der Waals surface area contributed by atoms with E-state index in [4.69, 9.17) is 10.5 Å². The summed E-state index contributed by atoms with van der Waals surface area (Å²) in [6.07, 6.45) is 0.239. The lowest BCUT2D eigenvalue weighted by molar-refractivity contribution is -0.0211. The molecule has 1 fully saturated rings. The summed E-state index contributed by atoms with van der Waals surface area (Å²) in [7, 11) is 0. The predicted octanol–water partition coefficient (Wildman–Crippen LogP) is 1.63. The molecule has 16 heavy (non-hydrogen) atoms. The second kappa shape index (κ2) is 4.80. The summed E-state index contributed by atoms with van der Waals surface area (Å²) >= 11 is 0. The van der Waals surface area contributed by atoms with Crippen molar-refractivity contribution in [1.82, 2.24) is 4.90 Å². The van der Waals surface area contributed by atoms with E-state index in [1.165, 1.54) is 6.07 Å². The molecule has 3 nitrogen and oxygen atoms in total. The van der Waals surface area contributed by atoms with Crippen LogP contribution < -0.4 is 5.73 Å². The Bertz CT molecular complexity index is 370. The van der Waals surface area contributed by atoms with Crippen LogP contribution in [0.4, 0.5) is 10.1 Å². The minimum absolute atomic E-state index is 0.239. The lowest BCUT2D eigenvalue weighted by atomic mass is 10.1. The van der Waals surface area contributed by atoms with Crippen molar-refractivity contribution in [3.8, 4) is 0 Å². The van der Waals surface area contributed by atoms with Crippen LogP contribution >= 0.6 is 0 Å². The minimum Gasteiger partial charge on any atom is -0.396 e.